The Kier molecular flexibility index (Phi) is 4.84. The van der Waals surface area contributed by atoms with Gasteiger partial charge in [-0.15, -0.1) is 0 Å². The minimum absolute atomic E-state index is 0.189. The van der Waals surface area contributed by atoms with E-state index in [0.29, 0.717) is 31.2 Å². The largest absolute Gasteiger partial charge is 0.289 e. The fourth-order valence-electron chi connectivity index (χ4n) is 2.39. The van der Waals surface area contributed by atoms with Crippen molar-refractivity contribution >= 4 is 69.1 Å². The van der Waals surface area contributed by atoms with Gasteiger partial charge in [-0.1, -0.05) is 46.4 Å². The Bertz CT molecular complexity index is 865. The van der Waals surface area contributed by atoms with E-state index in [2.05, 4.69) is 0 Å². The van der Waals surface area contributed by atoms with E-state index < -0.39 is 0 Å². The van der Waals surface area contributed by atoms with Crippen LogP contribution in [0.15, 0.2) is 48.6 Å². The number of hydrogen-bond acceptors (Lipinski definition) is 2. The summed E-state index contributed by atoms with van der Waals surface area (Å²) < 4.78 is 0. The molecule has 24 heavy (non-hydrogen) atoms. The predicted octanol–water partition coefficient (Wildman–Crippen LogP) is 5.92. The lowest BCUT2D eigenvalue weighted by atomic mass is 9.89. The van der Waals surface area contributed by atoms with Gasteiger partial charge in [0.1, 0.15) is 0 Å². The monoisotopic (exact) mass is 396 g/mol. The highest BCUT2D eigenvalue weighted by atomic mass is 35.5. The van der Waals surface area contributed by atoms with Gasteiger partial charge in [-0.25, -0.2) is 0 Å². The summed E-state index contributed by atoms with van der Waals surface area (Å²) >= 11 is 24.1. The van der Waals surface area contributed by atoms with Crippen LogP contribution < -0.4 is 0 Å². The second kappa shape index (κ2) is 6.73. The Labute approximate surface area is 158 Å². The Balaban J connectivity index is 2.07. The zero-order valence-corrected chi connectivity index (χ0v) is 15.0. The van der Waals surface area contributed by atoms with E-state index in [1.807, 2.05) is 0 Å². The zero-order chi connectivity index (χ0) is 17.4. The first-order chi connectivity index (χ1) is 11.4. The molecule has 0 saturated heterocycles. The summed E-state index contributed by atoms with van der Waals surface area (Å²) in [5.74, 6) is -0.713. The number of hydrogen-bond donors (Lipinski definition) is 0. The molecule has 0 bridgehead atoms. The van der Waals surface area contributed by atoms with Crippen molar-refractivity contribution in [1.82, 2.24) is 0 Å². The maximum absolute atomic E-state index is 12.5. The van der Waals surface area contributed by atoms with Crippen molar-refractivity contribution in [1.29, 1.82) is 0 Å². The van der Waals surface area contributed by atoms with E-state index in [-0.39, 0.29) is 22.7 Å². The molecule has 2 aromatic carbocycles. The van der Waals surface area contributed by atoms with Crippen LogP contribution in [0.5, 0.6) is 0 Å². The van der Waals surface area contributed by atoms with Gasteiger partial charge in [0, 0.05) is 42.4 Å². The quantitative estimate of drug-likeness (QED) is 0.589. The van der Waals surface area contributed by atoms with Crippen molar-refractivity contribution in [2.75, 3.05) is 0 Å². The van der Waals surface area contributed by atoms with Crippen LogP contribution in [-0.2, 0) is 9.59 Å². The minimum atomic E-state index is -0.357. The van der Waals surface area contributed by atoms with Crippen LogP contribution in [0, 0.1) is 0 Å². The molecular formula is C18H8Cl4O2. The molecule has 0 aliphatic heterocycles. The number of allylic oxidation sites excluding steroid dienone is 4. The second-order valence-corrected chi connectivity index (χ2v) is 6.78. The maximum Gasteiger partial charge on any atom is 0.187 e. The van der Waals surface area contributed by atoms with Crippen LogP contribution in [0.4, 0.5) is 0 Å². The predicted molar refractivity (Wildman–Crippen MR) is 98.9 cm³/mol. The van der Waals surface area contributed by atoms with Gasteiger partial charge in [-0.3, -0.25) is 9.59 Å². The van der Waals surface area contributed by atoms with Crippen molar-refractivity contribution in [2.24, 2.45) is 0 Å². The molecule has 0 heterocycles. The highest BCUT2D eigenvalue weighted by Crippen LogP contribution is 2.34. The summed E-state index contributed by atoms with van der Waals surface area (Å²) in [4.78, 5) is 25.0. The van der Waals surface area contributed by atoms with Crippen molar-refractivity contribution in [3.63, 3.8) is 0 Å². The van der Waals surface area contributed by atoms with Crippen LogP contribution in [0.3, 0.4) is 0 Å². The molecule has 0 atom stereocenters. The molecule has 1 aliphatic carbocycles. The fourth-order valence-corrected chi connectivity index (χ4v) is 3.17. The van der Waals surface area contributed by atoms with Gasteiger partial charge in [0.25, 0.3) is 0 Å². The topological polar surface area (TPSA) is 34.1 Å². The second-order valence-electron chi connectivity index (χ2n) is 5.09. The SMILES string of the molecule is O=C1C=C(c2cc(Cl)ccc2Cl)C(=O)C=C1c1cc(Cl)ccc1Cl. The molecule has 120 valence electrons. The molecule has 2 nitrogen and oxygen atoms in total. The van der Waals surface area contributed by atoms with Crippen molar-refractivity contribution in [2.45, 2.75) is 0 Å². The standard InChI is InChI=1S/C18H8Cl4O2/c19-9-1-3-15(21)11(5-9)13-7-18(24)14(8-17(13)23)12-6-10(20)2-4-16(12)22/h1-8H. The summed E-state index contributed by atoms with van der Waals surface area (Å²) in [5, 5.41) is 1.51. The van der Waals surface area contributed by atoms with Gasteiger partial charge in [0.05, 0.1) is 0 Å². The van der Waals surface area contributed by atoms with Crippen molar-refractivity contribution in [3.8, 4) is 0 Å². The molecule has 0 saturated carbocycles. The molecule has 2 aromatic rings. The van der Waals surface area contributed by atoms with Crippen molar-refractivity contribution < 1.29 is 9.59 Å². The van der Waals surface area contributed by atoms with Crippen LogP contribution in [0.1, 0.15) is 11.1 Å². The minimum Gasteiger partial charge on any atom is -0.289 e. The molecular weight excluding hydrogens is 390 g/mol. The number of carbonyl (C=O) groups excluding carboxylic acids is 2. The van der Waals surface area contributed by atoms with Crippen LogP contribution in [-0.4, -0.2) is 11.6 Å². The van der Waals surface area contributed by atoms with Gasteiger partial charge >= 0.3 is 0 Å². The van der Waals surface area contributed by atoms with Crippen LogP contribution in [0.2, 0.25) is 20.1 Å². The lowest BCUT2D eigenvalue weighted by Crippen LogP contribution is -2.12. The van der Waals surface area contributed by atoms with Gasteiger partial charge in [0.2, 0.25) is 0 Å². The van der Waals surface area contributed by atoms with E-state index in [4.69, 9.17) is 46.4 Å². The molecule has 0 aromatic heterocycles. The number of ketones is 2. The lowest BCUT2D eigenvalue weighted by Gasteiger charge is -2.15. The Hall–Kier alpha value is -1.58. The van der Waals surface area contributed by atoms with E-state index in [1.54, 1.807) is 36.4 Å². The highest BCUT2D eigenvalue weighted by molar-refractivity contribution is 6.47. The van der Waals surface area contributed by atoms with Gasteiger partial charge < -0.3 is 0 Å². The molecule has 6 heteroatoms. The number of halogens is 4. The third-order valence-corrected chi connectivity index (χ3v) is 4.65. The van der Waals surface area contributed by atoms with Gasteiger partial charge in [0.15, 0.2) is 11.6 Å². The Morgan fingerprint density at radius 2 is 0.958 bits per heavy atom. The molecule has 0 unspecified atom stereocenters. The molecule has 0 radical (unpaired) electrons. The highest BCUT2D eigenvalue weighted by Gasteiger charge is 2.25. The zero-order valence-electron chi connectivity index (χ0n) is 11.9. The van der Waals surface area contributed by atoms with Crippen LogP contribution >= 0.6 is 46.4 Å². The average Bonchev–Trinajstić information content (AvgIpc) is 2.54. The molecule has 1 aliphatic rings. The molecule has 0 spiro atoms. The number of rotatable bonds is 2. The molecule has 3 rings (SSSR count). The summed E-state index contributed by atoms with van der Waals surface area (Å²) in [6.45, 7) is 0. The van der Waals surface area contributed by atoms with Gasteiger partial charge in [-0.05, 0) is 48.6 Å². The number of carbonyl (C=O) groups is 2. The average molecular weight is 398 g/mol. The summed E-state index contributed by atoms with van der Waals surface area (Å²) in [7, 11) is 0. The molecule has 0 amide bonds. The van der Waals surface area contributed by atoms with Gasteiger partial charge in [-0.2, -0.15) is 0 Å². The van der Waals surface area contributed by atoms with E-state index in [9.17, 15) is 9.59 Å². The number of benzene rings is 2. The van der Waals surface area contributed by atoms with E-state index in [1.165, 1.54) is 12.2 Å². The summed E-state index contributed by atoms with van der Waals surface area (Å²) in [5.41, 5.74) is 1.20. The Morgan fingerprint density at radius 1 is 0.583 bits per heavy atom. The van der Waals surface area contributed by atoms with Crippen LogP contribution in [0.25, 0.3) is 11.1 Å². The Morgan fingerprint density at radius 3 is 1.33 bits per heavy atom. The van der Waals surface area contributed by atoms with Crippen molar-refractivity contribution in [3.05, 3.63) is 79.8 Å². The first kappa shape index (κ1) is 17.2. The third kappa shape index (κ3) is 3.28. The lowest BCUT2D eigenvalue weighted by molar-refractivity contribution is -0.112. The third-order valence-electron chi connectivity index (χ3n) is 3.52. The first-order valence-electron chi connectivity index (χ1n) is 6.79. The van der Waals surface area contributed by atoms with E-state index >= 15 is 0 Å². The first-order valence-corrected chi connectivity index (χ1v) is 8.31. The normalized spacial score (nSPS) is 14.5. The smallest absolute Gasteiger partial charge is 0.187 e. The maximum atomic E-state index is 12.5. The molecule has 0 fully saturated rings. The van der Waals surface area contributed by atoms with E-state index in [0.717, 1.165) is 0 Å². The fraction of sp³-hybridized carbons (Fsp3) is 0. The molecule has 0 N–H and O–H groups in total. The summed E-state index contributed by atoms with van der Waals surface area (Å²) in [6, 6.07) is 9.46. The summed E-state index contributed by atoms with van der Waals surface area (Å²) in [6.07, 6.45) is 2.49.